The van der Waals surface area contributed by atoms with Gasteiger partial charge in [0.15, 0.2) is 0 Å². The lowest BCUT2D eigenvalue weighted by molar-refractivity contribution is 0.600. The molecule has 0 amide bonds. The van der Waals surface area contributed by atoms with E-state index >= 15 is 0 Å². The first-order chi connectivity index (χ1) is 10.9. The zero-order valence-corrected chi connectivity index (χ0v) is 15.6. The zero-order chi connectivity index (χ0) is 16.6. The van der Waals surface area contributed by atoms with E-state index in [0.29, 0.717) is 9.50 Å². The Morgan fingerprint density at radius 3 is 2.70 bits per heavy atom. The SMILES string of the molecule is Cc1nc(NS(=O)(=O)c2ccc(Cl)cc2Br)nc2c1CCCC2. The van der Waals surface area contributed by atoms with Crippen molar-refractivity contribution in [2.45, 2.75) is 37.5 Å². The Balaban J connectivity index is 1.96. The molecule has 0 fully saturated rings. The molecule has 2 aromatic rings. The van der Waals surface area contributed by atoms with E-state index in [1.54, 1.807) is 0 Å². The molecule has 0 spiro atoms. The topological polar surface area (TPSA) is 72.0 Å². The van der Waals surface area contributed by atoms with Crippen LogP contribution in [0.25, 0.3) is 0 Å². The van der Waals surface area contributed by atoms with Gasteiger partial charge >= 0.3 is 0 Å². The summed E-state index contributed by atoms with van der Waals surface area (Å²) in [6, 6.07) is 4.51. The Hall–Kier alpha value is -1.18. The molecule has 122 valence electrons. The maximum Gasteiger partial charge on any atom is 0.265 e. The minimum atomic E-state index is -3.78. The second-order valence-corrected chi connectivity index (χ2v) is 8.39. The summed E-state index contributed by atoms with van der Waals surface area (Å²) >= 11 is 9.08. The van der Waals surface area contributed by atoms with Crippen LogP contribution >= 0.6 is 27.5 Å². The molecule has 0 unspecified atom stereocenters. The van der Waals surface area contributed by atoms with Crippen LogP contribution in [0.5, 0.6) is 0 Å². The molecule has 1 aromatic carbocycles. The van der Waals surface area contributed by atoms with E-state index in [0.717, 1.165) is 42.6 Å². The highest BCUT2D eigenvalue weighted by atomic mass is 79.9. The monoisotopic (exact) mass is 415 g/mol. The van der Waals surface area contributed by atoms with Gasteiger partial charge in [-0.1, -0.05) is 11.6 Å². The molecule has 3 rings (SSSR count). The van der Waals surface area contributed by atoms with Crippen molar-refractivity contribution in [2.24, 2.45) is 0 Å². The van der Waals surface area contributed by atoms with E-state index in [2.05, 4.69) is 30.6 Å². The molecule has 1 aliphatic rings. The van der Waals surface area contributed by atoms with Crippen molar-refractivity contribution >= 4 is 43.5 Å². The van der Waals surface area contributed by atoms with E-state index in [4.69, 9.17) is 11.6 Å². The van der Waals surface area contributed by atoms with Crippen LogP contribution in [0.15, 0.2) is 27.6 Å². The highest BCUT2D eigenvalue weighted by molar-refractivity contribution is 9.10. The summed E-state index contributed by atoms with van der Waals surface area (Å²) in [5.74, 6) is 0.116. The van der Waals surface area contributed by atoms with E-state index in [-0.39, 0.29) is 10.8 Å². The van der Waals surface area contributed by atoms with Crippen LogP contribution in [0.2, 0.25) is 5.02 Å². The number of nitrogens with zero attached hydrogens (tertiary/aromatic N) is 2. The number of benzene rings is 1. The van der Waals surface area contributed by atoms with Crippen LogP contribution in [0, 0.1) is 6.92 Å². The molecule has 0 radical (unpaired) electrons. The Labute approximate surface area is 148 Å². The highest BCUT2D eigenvalue weighted by Gasteiger charge is 2.21. The van der Waals surface area contributed by atoms with Crippen LogP contribution in [0.1, 0.15) is 29.8 Å². The molecule has 1 N–H and O–H groups in total. The van der Waals surface area contributed by atoms with Crippen LogP contribution in [-0.4, -0.2) is 18.4 Å². The summed E-state index contributed by atoms with van der Waals surface area (Å²) < 4.78 is 28.0. The molecule has 0 aliphatic heterocycles. The second kappa shape index (κ2) is 6.37. The highest BCUT2D eigenvalue weighted by Crippen LogP contribution is 2.28. The predicted molar refractivity (Wildman–Crippen MR) is 93.4 cm³/mol. The second-order valence-electron chi connectivity index (χ2n) is 5.45. The predicted octanol–water partition coefficient (Wildman–Crippen LogP) is 3.88. The number of aromatic nitrogens is 2. The zero-order valence-electron chi connectivity index (χ0n) is 12.4. The van der Waals surface area contributed by atoms with Crippen LogP contribution in [-0.2, 0) is 22.9 Å². The van der Waals surface area contributed by atoms with Crippen molar-refractivity contribution < 1.29 is 8.42 Å². The largest absolute Gasteiger partial charge is 0.265 e. The van der Waals surface area contributed by atoms with E-state index in [1.807, 2.05) is 6.92 Å². The summed E-state index contributed by atoms with van der Waals surface area (Å²) in [7, 11) is -3.78. The molecule has 0 bridgehead atoms. The molecule has 5 nitrogen and oxygen atoms in total. The number of nitrogens with one attached hydrogen (secondary N) is 1. The number of halogens is 2. The van der Waals surface area contributed by atoms with Crippen LogP contribution in [0.4, 0.5) is 5.95 Å². The normalized spacial score (nSPS) is 14.4. The average molecular weight is 417 g/mol. The summed E-state index contributed by atoms with van der Waals surface area (Å²) in [5, 5.41) is 0.455. The molecule has 23 heavy (non-hydrogen) atoms. The number of sulfonamides is 1. The summed E-state index contributed by atoms with van der Waals surface area (Å²) in [6.07, 6.45) is 4.01. The van der Waals surface area contributed by atoms with Crippen LogP contribution < -0.4 is 4.72 Å². The maximum absolute atomic E-state index is 12.5. The first kappa shape index (κ1) is 16.7. The van der Waals surface area contributed by atoms with E-state index < -0.39 is 10.0 Å². The summed E-state index contributed by atoms with van der Waals surface area (Å²) in [5.41, 5.74) is 2.92. The molecular weight excluding hydrogens is 402 g/mol. The Bertz CT molecular complexity index is 871. The molecular formula is C15H15BrClN3O2S. The molecule has 0 atom stereocenters. The minimum absolute atomic E-state index is 0.0980. The Kier molecular flexibility index (Phi) is 4.62. The van der Waals surface area contributed by atoms with Gasteiger partial charge in [0.1, 0.15) is 4.90 Å². The quantitative estimate of drug-likeness (QED) is 0.824. The van der Waals surface area contributed by atoms with Crippen molar-refractivity contribution in [3.05, 3.63) is 44.6 Å². The van der Waals surface area contributed by atoms with Gasteiger partial charge in [-0.25, -0.2) is 23.1 Å². The molecule has 1 aromatic heterocycles. The number of fused-ring (bicyclic) bond motifs is 1. The summed E-state index contributed by atoms with van der Waals surface area (Å²) in [4.78, 5) is 8.79. The summed E-state index contributed by atoms with van der Waals surface area (Å²) in [6.45, 7) is 1.89. The third kappa shape index (κ3) is 3.51. The molecule has 8 heteroatoms. The first-order valence-electron chi connectivity index (χ1n) is 7.21. The van der Waals surface area contributed by atoms with Gasteiger partial charge in [-0.15, -0.1) is 0 Å². The maximum atomic E-state index is 12.5. The number of hydrogen-bond acceptors (Lipinski definition) is 4. The van der Waals surface area contributed by atoms with Crippen LogP contribution in [0.3, 0.4) is 0 Å². The third-order valence-electron chi connectivity index (χ3n) is 3.80. The van der Waals surface area contributed by atoms with Gasteiger partial charge < -0.3 is 0 Å². The Morgan fingerprint density at radius 1 is 1.22 bits per heavy atom. The fraction of sp³-hybridized carbons (Fsp3) is 0.333. The number of anilines is 1. The van der Waals surface area contributed by atoms with E-state index in [9.17, 15) is 8.42 Å². The van der Waals surface area contributed by atoms with E-state index in [1.165, 1.54) is 18.2 Å². The smallest absolute Gasteiger partial charge is 0.247 e. The van der Waals surface area contributed by atoms with Crippen molar-refractivity contribution in [2.75, 3.05) is 4.72 Å². The first-order valence-corrected chi connectivity index (χ1v) is 9.86. The van der Waals surface area contributed by atoms with Gasteiger partial charge in [-0.2, -0.15) is 0 Å². The van der Waals surface area contributed by atoms with Gasteiger partial charge in [-0.05, 0) is 72.3 Å². The average Bonchev–Trinajstić information content (AvgIpc) is 2.46. The third-order valence-corrected chi connectivity index (χ3v) is 6.34. The fourth-order valence-electron chi connectivity index (χ4n) is 2.70. The van der Waals surface area contributed by atoms with Gasteiger partial charge in [0.2, 0.25) is 5.95 Å². The fourth-order valence-corrected chi connectivity index (χ4v) is 5.02. The van der Waals surface area contributed by atoms with Gasteiger partial charge in [0.05, 0.1) is 0 Å². The number of hydrogen-bond donors (Lipinski definition) is 1. The lowest BCUT2D eigenvalue weighted by Crippen LogP contribution is -2.18. The number of rotatable bonds is 3. The lowest BCUT2D eigenvalue weighted by atomic mass is 9.95. The molecule has 0 saturated heterocycles. The Morgan fingerprint density at radius 2 is 1.96 bits per heavy atom. The van der Waals surface area contributed by atoms with Gasteiger partial charge in [0, 0.05) is 20.9 Å². The number of aryl methyl sites for hydroxylation is 2. The lowest BCUT2D eigenvalue weighted by Gasteiger charge is -2.18. The van der Waals surface area contributed by atoms with Crippen molar-refractivity contribution in [3.8, 4) is 0 Å². The standard InChI is InChI=1S/C15H15BrClN3O2S/c1-9-11-4-2-3-5-13(11)19-15(18-9)20-23(21,22)14-7-6-10(17)8-12(14)16/h6-8H,2-5H2,1H3,(H,18,19,20). The van der Waals surface area contributed by atoms with Crippen molar-refractivity contribution in [3.63, 3.8) is 0 Å². The van der Waals surface area contributed by atoms with Gasteiger partial charge in [-0.3, -0.25) is 0 Å². The molecule has 0 saturated carbocycles. The minimum Gasteiger partial charge on any atom is -0.247 e. The van der Waals surface area contributed by atoms with Crippen molar-refractivity contribution in [1.29, 1.82) is 0 Å². The van der Waals surface area contributed by atoms with Gasteiger partial charge in [0.25, 0.3) is 10.0 Å². The van der Waals surface area contributed by atoms with Crippen molar-refractivity contribution in [1.82, 2.24) is 9.97 Å². The molecule has 1 aliphatic carbocycles. The molecule has 1 heterocycles.